The van der Waals surface area contributed by atoms with Crippen LogP contribution in [0.3, 0.4) is 0 Å². The van der Waals surface area contributed by atoms with Crippen LogP contribution in [0.5, 0.6) is 0 Å². The Bertz CT molecular complexity index is 578. The molecule has 0 saturated heterocycles. The second-order valence-corrected chi connectivity index (χ2v) is 6.96. The number of amides is 1. The number of carbonyl (C=O) groups is 1. The molecule has 1 aromatic rings. The Hall–Kier alpha value is -1.38. The van der Waals surface area contributed by atoms with Gasteiger partial charge in [-0.25, -0.2) is 12.7 Å². The van der Waals surface area contributed by atoms with Crippen LogP contribution >= 0.6 is 0 Å². The molecule has 0 radical (unpaired) electrons. The summed E-state index contributed by atoms with van der Waals surface area (Å²) in [6.07, 6.45) is 0. The van der Waals surface area contributed by atoms with E-state index in [0.717, 1.165) is 4.31 Å². The van der Waals surface area contributed by atoms with Gasteiger partial charge in [0, 0.05) is 26.7 Å². The molecule has 7 nitrogen and oxygen atoms in total. The van der Waals surface area contributed by atoms with E-state index in [4.69, 9.17) is 10.2 Å². The topological polar surface area (TPSA) is 106 Å². The van der Waals surface area contributed by atoms with Crippen molar-refractivity contribution < 1.29 is 17.6 Å². The summed E-state index contributed by atoms with van der Waals surface area (Å²) in [6, 6.07) is 1.24. The molecule has 1 atom stereocenters. The fraction of sp³-hybridized carbons (Fsp3) is 0.583. The number of sulfonamides is 1. The molecule has 1 heterocycles. The van der Waals surface area contributed by atoms with E-state index < -0.39 is 10.0 Å². The Labute approximate surface area is 119 Å². The van der Waals surface area contributed by atoms with E-state index >= 15 is 0 Å². The highest BCUT2D eigenvalue weighted by molar-refractivity contribution is 7.88. The molecule has 1 unspecified atom stereocenters. The molecule has 1 rings (SSSR count). The number of nitrogens with zero attached hydrogens (tertiary/aromatic N) is 1. The minimum atomic E-state index is -3.68. The second-order valence-electron chi connectivity index (χ2n) is 4.87. The molecule has 0 saturated carbocycles. The summed E-state index contributed by atoms with van der Waals surface area (Å²) in [6.45, 7) is 4.35. The Morgan fingerprint density at radius 3 is 2.60 bits per heavy atom. The van der Waals surface area contributed by atoms with E-state index in [1.807, 2.05) is 6.92 Å². The van der Waals surface area contributed by atoms with E-state index in [-0.39, 0.29) is 28.2 Å². The standard InChI is InChI=1S/C12H21N3O4S/c1-8(6-13)7-14-12(16)10-5-11(19-9(10)2)20(17,18)15(3)4/h5,8H,6-7,13H2,1-4H3,(H,14,16). The predicted molar refractivity (Wildman–Crippen MR) is 74.9 cm³/mol. The van der Waals surface area contributed by atoms with Crippen molar-refractivity contribution in [2.75, 3.05) is 27.2 Å². The number of rotatable bonds is 6. The molecule has 0 spiro atoms. The molecule has 0 aliphatic rings. The van der Waals surface area contributed by atoms with Crippen LogP contribution in [0.25, 0.3) is 0 Å². The summed E-state index contributed by atoms with van der Waals surface area (Å²) in [5, 5.41) is 2.46. The van der Waals surface area contributed by atoms with Gasteiger partial charge in [-0.2, -0.15) is 0 Å². The molecule has 0 fully saturated rings. The SMILES string of the molecule is Cc1oc(S(=O)(=O)N(C)C)cc1C(=O)NCC(C)CN. The summed E-state index contributed by atoms with van der Waals surface area (Å²) in [4.78, 5) is 12.0. The highest BCUT2D eigenvalue weighted by Gasteiger charge is 2.25. The second kappa shape index (κ2) is 6.38. The number of carbonyl (C=O) groups excluding carboxylic acids is 1. The van der Waals surface area contributed by atoms with Gasteiger partial charge in [-0.3, -0.25) is 4.79 Å². The fourth-order valence-electron chi connectivity index (χ4n) is 1.43. The molecule has 114 valence electrons. The average Bonchev–Trinajstić information content (AvgIpc) is 2.78. The highest BCUT2D eigenvalue weighted by atomic mass is 32.2. The molecule has 3 N–H and O–H groups in total. The zero-order valence-corrected chi connectivity index (χ0v) is 13.0. The van der Waals surface area contributed by atoms with Crippen molar-refractivity contribution in [3.63, 3.8) is 0 Å². The number of furan rings is 1. The first-order valence-corrected chi connectivity index (χ1v) is 7.65. The van der Waals surface area contributed by atoms with Gasteiger partial charge >= 0.3 is 0 Å². The molecular formula is C12H21N3O4S. The van der Waals surface area contributed by atoms with Gasteiger partial charge in [-0.05, 0) is 19.4 Å². The van der Waals surface area contributed by atoms with E-state index in [1.165, 1.54) is 20.2 Å². The van der Waals surface area contributed by atoms with Crippen molar-refractivity contribution in [1.82, 2.24) is 9.62 Å². The van der Waals surface area contributed by atoms with Crippen molar-refractivity contribution in [1.29, 1.82) is 0 Å². The summed E-state index contributed by atoms with van der Waals surface area (Å²) in [7, 11) is -0.884. The van der Waals surface area contributed by atoms with Gasteiger partial charge in [-0.15, -0.1) is 0 Å². The van der Waals surface area contributed by atoms with Crippen LogP contribution in [0, 0.1) is 12.8 Å². The predicted octanol–water partition coefficient (Wildman–Crippen LogP) is 0.163. The van der Waals surface area contributed by atoms with Crippen LogP contribution in [-0.2, 0) is 10.0 Å². The Morgan fingerprint density at radius 2 is 2.10 bits per heavy atom. The summed E-state index contributed by atoms with van der Waals surface area (Å²) >= 11 is 0. The van der Waals surface area contributed by atoms with Gasteiger partial charge in [0.25, 0.3) is 15.9 Å². The first-order valence-electron chi connectivity index (χ1n) is 6.21. The van der Waals surface area contributed by atoms with Crippen LogP contribution in [0.4, 0.5) is 0 Å². The average molecular weight is 303 g/mol. The lowest BCUT2D eigenvalue weighted by molar-refractivity contribution is 0.0947. The number of hydrogen-bond donors (Lipinski definition) is 2. The monoisotopic (exact) mass is 303 g/mol. The molecule has 8 heteroatoms. The maximum absolute atomic E-state index is 12.0. The smallest absolute Gasteiger partial charge is 0.275 e. The van der Waals surface area contributed by atoms with Gasteiger partial charge in [-0.1, -0.05) is 6.92 Å². The van der Waals surface area contributed by atoms with Crippen molar-refractivity contribution in [3.8, 4) is 0 Å². The normalized spacial score (nSPS) is 13.5. The third kappa shape index (κ3) is 3.59. The van der Waals surface area contributed by atoms with Crippen LogP contribution in [-0.4, -0.2) is 45.8 Å². The van der Waals surface area contributed by atoms with E-state index in [1.54, 1.807) is 6.92 Å². The van der Waals surface area contributed by atoms with Crippen LogP contribution in [0.2, 0.25) is 0 Å². The van der Waals surface area contributed by atoms with E-state index in [2.05, 4.69) is 5.32 Å². The van der Waals surface area contributed by atoms with E-state index in [9.17, 15) is 13.2 Å². The quantitative estimate of drug-likeness (QED) is 0.779. The summed E-state index contributed by atoms with van der Waals surface area (Å²) < 4.78 is 30.0. The van der Waals surface area contributed by atoms with Crippen LogP contribution < -0.4 is 11.1 Å². The first kappa shape index (κ1) is 16.7. The Morgan fingerprint density at radius 1 is 1.50 bits per heavy atom. The van der Waals surface area contributed by atoms with Crippen molar-refractivity contribution in [2.24, 2.45) is 11.7 Å². The molecule has 0 bridgehead atoms. The molecule has 0 aliphatic carbocycles. The lowest BCUT2D eigenvalue weighted by atomic mass is 10.2. The fourth-order valence-corrected chi connectivity index (χ4v) is 2.29. The Balaban J connectivity index is 2.94. The van der Waals surface area contributed by atoms with E-state index in [0.29, 0.717) is 13.1 Å². The third-order valence-corrected chi connectivity index (χ3v) is 4.56. The molecule has 0 aliphatic heterocycles. The molecule has 0 aromatic carbocycles. The first-order chi connectivity index (χ1) is 9.20. The maximum atomic E-state index is 12.0. The summed E-state index contributed by atoms with van der Waals surface area (Å²) in [5.74, 6) is 0.0474. The molecule has 20 heavy (non-hydrogen) atoms. The van der Waals surface area contributed by atoms with Gasteiger partial charge in [0.2, 0.25) is 5.09 Å². The van der Waals surface area contributed by atoms with Gasteiger partial charge in [0.05, 0.1) is 5.56 Å². The van der Waals surface area contributed by atoms with Crippen molar-refractivity contribution >= 4 is 15.9 Å². The van der Waals surface area contributed by atoms with Crippen molar-refractivity contribution in [2.45, 2.75) is 18.9 Å². The van der Waals surface area contributed by atoms with Gasteiger partial charge in [0.15, 0.2) is 0 Å². The largest absolute Gasteiger partial charge is 0.448 e. The van der Waals surface area contributed by atoms with Crippen molar-refractivity contribution in [3.05, 3.63) is 17.4 Å². The van der Waals surface area contributed by atoms with Crippen LogP contribution in [0.15, 0.2) is 15.6 Å². The minimum absolute atomic E-state index is 0.149. The summed E-state index contributed by atoms with van der Waals surface area (Å²) in [5.41, 5.74) is 5.68. The zero-order chi connectivity index (χ0) is 15.5. The molecule has 1 amide bonds. The van der Waals surface area contributed by atoms with Gasteiger partial charge < -0.3 is 15.5 Å². The lowest BCUT2D eigenvalue weighted by Crippen LogP contribution is -2.31. The number of nitrogens with two attached hydrogens (primary N) is 1. The lowest BCUT2D eigenvalue weighted by Gasteiger charge is -2.09. The Kier molecular flexibility index (Phi) is 5.32. The third-order valence-electron chi connectivity index (χ3n) is 2.89. The molecular weight excluding hydrogens is 282 g/mol. The van der Waals surface area contributed by atoms with Crippen LogP contribution in [0.1, 0.15) is 23.0 Å². The number of hydrogen-bond acceptors (Lipinski definition) is 5. The van der Waals surface area contributed by atoms with Gasteiger partial charge in [0.1, 0.15) is 5.76 Å². The number of nitrogens with one attached hydrogen (secondary N) is 1. The zero-order valence-electron chi connectivity index (χ0n) is 12.1. The maximum Gasteiger partial charge on any atom is 0.275 e. The minimum Gasteiger partial charge on any atom is -0.448 e. The highest BCUT2D eigenvalue weighted by Crippen LogP contribution is 2.21. The molecule has 1 aromatic heterocycles. The number of aryl methyl sites for hydroxylation is 1.